The first-order chi connectivity index (χ1) is 12.2. The van der Waals surface area contributed by atoms with Gasteiger partial charge in [0.05, 0.1) is 12.3 Å². The van der Waals surface area contributed by atoms with Gasteiger partial charge >= 0.3 is 0 Å². The van der Waals surface area contributed by atoms with Gasteiger partial charge in [-0.05, 0) is 42.8 Å². The Kier molecular flexibility index (Phi) is 7.76. The molecule has 0 fully saturated rings. The van der Waals surface area contributed by atoms with Gasteiger partial charge in [-0.3, -0.25) is 9.59 Å². The molecule has 0 saturated carbocycles. The molecule has 2 rings (SSSR count). The number of aryl methyl sites for hydroxylation is 1. The lowest BCUT2D eigenvalue weighted by Gasteiger charge is -2.09. The second-order valence-electron chi connectivity index (χ2n) is 5.98. The maximum absolute atomic E-state index is 12.0. The Bertz CT molecular complexity index is 662. The SMILES string of the molecule is CCCCCCOc1ccc(NC(=O)CCn2cccc2C=O)cc1. The average Bonchev–Trinajstić information content (AvgIpc) is 3.09. The van der Waals surface area contributed by atoms with Gasteiger partial charge in [0.1, 0.15) is 5.75 Å². The van der Waals surface area contributed by atoms with Gasteiger partial charge in [0.25, 0.3) is 0 Å². The molecular weight excluding hydrogens is 316 g/mol. The van der Waals surface area contributed by atoms with Crippen LogP contribution in [-0.4, -0.2) is 23.4 Å². The molecule has 0 aliphatic heterocycles. The summed E-state index contributed by atoms with van der Waals surface area (Å²) in [4.78, 5) is 22.9. The van der Waals surface area contributed by atoms with Crippen molar-refractivity contribution in [2.75, 3.05) is 11.9 Å². The Morgan fingerprint density at radius 2 is 1.96 bits per heavy atom. The number of aromatic nitrogens is 1. The molecule has 5 heteroatoms. The van der Waals surface area contributed by atoms with E-state index in [2.05, 4.69) is 12.2 Å². The molecule has 0 atom stereocenters. The summed E-state index contributed by atoms with van der Waals surface area (Å²) < 4.78 is 7.45. The van der Waals surface area contributed by atoms with Gasteiger partial charge in [-0.25, -0.2) is 0 Å². The Hall–Kier alpha value is -2.56. The van der Waals surface area contributed by atoms with Gasteiger partial charge in [-0.1, -0.05) is 26.2 Å². The zero-order chi connectivity index (χ0) is 17.9. The van der Waals surface area contributed by atoms with E-state index in [-0.39, 0.29) is 5.91 Å². The number of amides is 1. The van der Waals surface area contributed by atoms with Crippen molar-refractivity contribution in [1.29, 1.82) is 0 Å². The van der Waals surface area contributed by atoms with Gasteiger partial charge in [-0.15, -0.1) is 0 Å². The number of nitrogens with one attached hydrogen (secondary N) is 1. The molecule has 0 saturated heterocycles. The molecule has 0 unspecified atom stereocenters. The first kappa shape index (κ1) is 18.8. The highest BCUT2D eigenvalue weighted by Gasteiger charge is 2.05. The van der Waals surface area contributed by atoms with Crippen LogP contribution in [-0.2, 0) is 11.3 Å². The van der Waals surface area contributed by atoms with Crippen molar-refractivity contribution in [2.24, 2.45) is 0 Å². The lowest BCUT2D eigenvalue weighted by atomic mass is 10.2. The van der Waals surface area contributed by atoms with E-state index in [1.165, 1.54) is 19.3 Å². The van der Waals surface area contributed by atoms with Crippen LogP contribution in [0.15, 0.2) is 42.6 Å². The van der Waals surface area contributed by atoms with Crippen molar-refractivity contribution >= 4 is 17.9 Å². The van der Waals surface area contributed by atoms with E-state index in [1.54, 1.807) is 22.9 Å². The van der Waals surface area contributed by atoms with E-state index in [9.17, 15) is 9.59 Å². The largest absolute Gasteiger partial charge is 0.494 e. The Morgan fingerprint density at radius 3 is 2.68 bits per heavy atom. The predicted molar refractivity (Wildman–Crippen MR) is 99.1 cm³/mol. The summed E-state index contributed by atoms with van der Waals surface area (Å²) in [6, 6.07) is 10.9. The fourth-order valence-corrected chi connectivity index (χ4v) is 2.54. The Morgan fingerprint density at radius 1 is 1.16 bits per heavy atom. The van der Waals surface area contributed by atoms with E-state index >= 15 is 0 Å². The van der Waals surface area contributed by atoms with E-state index in [0.29, 0.717) is 18.7 Å². The van der Waals surface area contributed by atoms with Crippen molar-refractivity contribution in [3.05, 3.63) is 48.3 Å². The lowest BCUT2D eigenvalue weighted by molar-refractivity contribution is -0.116. The summed E-state index contributed by atoms with van der Waals surface area (Å²) in [6.07, 6.45) is 7.61. The fourth-order valence-electron chi connectivity index (χ4n) is 2.54. The van der Waals surface area contributed by atoms with Crippen LogP contribution < -0.4 is 10.1 Å². The lowest BCUT2D eigenvalue weighted by Crippen LogP contribution is -2.15. The van der Waals surface area contributed by atoms with Crippen LogP contribution in [0.3, 0.4) is 0 Å². The predicted octanol–water partition coefficient (Wildman–Crippen LogP) is 4.29. The summed E-state index contributed by atoms with van der Waals surface area (Å²) in [5, 5.41) is 2.86. The van der Waals surface area contributed by atoms with E-state index in [1.807, 2.05) is 24.3 Å². The van der Waals surface area contributed by atoms with Crippen molar-refractivity contribution in [3.63, 3.8) is 0 Å². The molecular formula is C20H26N2O3. The normalized spacial score (nSPS) is 10.4. The molecule has 5 nitrogen and oxygen atoms in total. The maximum Gasteiger partial charge on any atom is 0.226 e. The molecule has 1 aromatic heterocycles. The smallest absolute Gasteiger partial charge is 0.226 e. The molecule has 0 aliphatic carbocycles. The summed E-state index contributed by atoms with van der Waals surface area (Å²) in [7, 11) is 0. The Labute approximate surface area is 149 Å². The van der Waals surface area contributed by atoms with Crippen molar-refractivity contribution in [3.8, 4) is 5.75 Å². The monoisotopic (exact) mass is 342 g/mol. The molecule has 1 heterocycles. The first-order valence-electron chi connectivity index (χ1n) is 8.86. The average molecular weight is 342 g/mol. The first-order valence-corrected chi connectivity index (χ1v) is 8.86. The number of nitrogens with zero attached hydrogens (tertiary/aromatic N) is 1. The van der Waals surface area contributed by atoms with Gasteiger partial charge in [0.15, 0.2) is 6.29 Å². The molecule has 1 aromatic carbocycles. The van der Waals surface area contributed by atoms with Crippen LogP contribution in [0.25, 0.3) is 0 Å². The second kappa shape index (κ2) is 10.3. The van der Waals surface area contributed by atoms with Crippen LogP contribution in [0.4, 0.5) is 5.69 Å². The summed E-state index contributed by atoms with van der Waals surface area (Å²) in [5.74, 6) is 0.733. The third-order valence-electron chi connectivity index (χ3n) is 3.97. The van der Waals surface area contributed by atoms with E-state index in [0.717, 1.165) is 30.8 Å². The van der Waals surface area contributed by atoms with E-state index in [4.69, 9.17) is 4.74 Å². The number of hydrogen-bond acceptors (Lipinski definition) is 3. The molecule has 2 aromatic rings. The standard InChI is InChI=1S/C20H26N2O3/c1-2-3-4-5-15-25-19-10-8-17(9-11-19)21-20(24)12-14-22-13-6-7-18(22)16-23/h6-11,13,16H,2-5,12,14-15H2,1H3,(H,21,24). The number of aldehydes is 1. The van der Waals surface area contributed by atoms with Crippen molar-refractivity contribution in [1.82, 2.24) is 4.57 Å². The number of rotatable bonds is 11. The van der Waals surface area contributed by atoms with Gasteiger partial charge in [-0.2, -0.15) is 0 Å². The summed E-state index contributed by atoms with van der Waals surface area (Å²) in [5.41, 5.74) is 1.32. The third-order valence-corrected chi connectivity index (χ3v) is 3.97. The molecule has 134 valence electrons. The zero-order valence-corrected chi connectivity index (χ0v) is 14.7. The van der Waals surface area contributed by atoms with Gasteiger partial charge < -0.3 is 14.6 Å². The molecule has 1 N–H and O–H groups in total. The second-order valence-corrected chi connectivity index (χ2v) is 5.98. The molecule has 25 heavy (non-hydrogen) atoms. The number of hydrogen-bond donors (Lipinski definition) is 1. The third kappa shape index (κ3) is 6.45. The minimum atomic E-state index is -0.0845. The van der Waals surface area contributed by atoms with Crippen LogP contribution in [0, 0.1) is 0 Å². The van der Waals surface area contributed by atoms with Crippen molar-refractivity contribution < 1.29 is 14.3 Å². The summed E-state index contributed by atoms with van der Waals surface area (Å²) in [6.45, 7) is 3.39. The van der Waals surface area contributed by atoms with E-state index < -0.39 is 0 Å². The fraction of sp³-hybridized carbons (Fsp3) is 0.400. The number of benzene rings is 1. The minimum Gasteiger partial charge on any atom is -0.494 e. The molecule has 0 spiro atoms. The number of carbonyl (C=O) groups excluding carboxylic acids is 2. The Balaban J connectivity index is 1.72. The molecule has 0 aliphatic rings. The highest BCUT2D eigenvalue weighted by molar-refractivity contribution is 5.90. The highest BCUT2D eigenvalue weighted by Crippen LogP contribution is 2.16. The number of ether oxygens (including phenoxy) is 1. The molecule has 0 radical (unpaired) electrons. The maximum atomic E-state index is 12.0. The number of unbranched alkanes of at least 4 members (excludes halogenated alkanes) is 3. The summed E-state index contributed by atoms with van der Waals surface area (Å²) >= 11 is 0. The van der Waals surface area contributed by atoms with Crippen LogP contribution in [0.5, 0.6) is 5.75 Å². The zero-order valence-electron chi connectivity index (χ0n) is 14.7. The topological polar surface area (TPSA) is 60.3 Å². The molecule has 1 amide bonds. The highest BCUT2D eigenvalue weighted by atomic mass is 16.5. The van der Waals surface area contributed by atoms with Gasteiger partial charge in [0.2, 0.25) is 5.91 Å². The molecule has 0 bridgehead atoms. The number of carbonyl (C=O) groups is 2. The number of anilines is 1. The van der Waals surface area contributed by atoms with Crippen molar-refractivity contribution in [2.45, 2.75) is 45.6 Å². The van der Waals surface area contributed by atoms with Crippen LogP contribution in [0.2, 0.25) is 0 Å². The van der Waals surface area contributed by atoms with Crippen LogP contribution >= 0.6 is 0 Å². The van der Waals surface area contributed by atoms with Crippen LogP contribution in [0.1, 0.15) is 49.5 Å². The quantitative estimate of drug-likeness (QED) is 0.489. The van der Waals surface area contributed by atoms with Gasteiger partial charge in [0, 0.05) is 24.8 Å². The minimum absolute atomic E-state index is 0.0845.